The number of carboxylic acids is 2. The number of benzene rings is 1. The minimum atomic E-state index is -4.92. The first-order valence-electron chi connectivity index (χ1n) is 3.82. The Morgan fingerprint density at radius 1 is 1.00 bits per heavy atom. The van der Waals surface area contributed by atoms with E-state index in [2.05, 4.69) is 0 Å². The molecule has 3 N–H and O–H groups in total. The van der Waals surface area contributed by atoms with Crippen molar-refractivity contribution in [1.82, 2.24) is 0 Å². The predicted octanol–water partition coefficient (Wildman–Crippen LogP) is -0.319. The SMILES string of the molecule is O=C(O)c1cccc(C(=O)O)c1S(=O)(=O)O.[KH]. The summed E-state index contributed by atoms with van der Waals surface area (Å²) in [4.78, 5) is 20.2. The molecule has 0 aromatic heterocycles. The molecule has 0 saturated carbocycles. The van der Waals surface area contributed by atoms with E-state index in [1.807, 2.05) is 0 Å². The van der Waals surface area contributed by atoms with E-state index in [0.29, 0.717) is 0 Å². The Labute approximate surface area is 139 Å². The van der Waals surface area contributed by atoms with Gasteiger partial charge in [0.15, 0.2) is 0 Å². The molecule has 1 aromatic carbocycles. The molecule has 0 bridgehead atoms. The van der Waals surface area contributed by atoms with Gasteiger partial charge in [0.05, 0.1) is 11.1 Å². The van der Waals surface area contributed by atoms with Crippen molar-refractivity contribution in [3.05, 3.63) is 29.3 Å². The van der Waals surface area contributed by atoms with Crippen LogP contribution in [-0.4, -0.2) is 86.5 Å². The Hall–Kier alpha value is -0.294. The summed E-state index contributed by atoms with van der Waals surface area (Å²) in [6.07, 6.45) is 0. The van der Waals surface area contributed by atoms with Gasteiger partial charge >= 0.3 is 63.3 Å². The summed E-state index contributed by atoms with van der Waals surface area (Å²) in [5.41, 5.74) is -1.58. The van der Waals surface area contributed by atoms with Crippen molar-refractivity contribution in [3.63, 3.8) is 0 Å². The predicted molar refractivity (Wildman–Crippen MR) is 57.3 cm³/mol. The molecule has 88 valence electrons. The van der Waals surface area contributed by atoms with Crippen LogP contribution in [0.1, 0.15) is 20.7 Å². The molecule has 9 heteroatoms. The maximum atomic E-state index is 10.9. The van der Waals surface area contributed by atoms with Gasteiger partial charge in [-0.05, 0) is 12.1 Å². The van der Waals surface area contributed by atoms with Crippen LogP contribution < -0.4 is 0 Å². The minimum absolute atomic E-state index is 0. The summed E-state index contributed by atoms with van der Waals surface area (Å²) >= 11 is 0. The van der Waals surface area contributed by atoms with Gasteiger partial charge in [0.25, 0.3) is 10.1 Å². The first kappa shape index (κ1) is 16.7. The molecule has 0 unspecified atom stereocenters. The van der Waals surface area contributed by atoms with Crippen molar-refractivity contribution in [3.8, 4) is 0 Å². The molecule has 7 nitrogen and oxygen atoms in total. The van der Waals surface area contributed by atoms with Crippen molar-refractivity contribution < 1.29 is 32.8 Å². The van der Waals surface area contributed by atoms with E-state index in [4.69, 9.17) is 14.8 Å². The van der Waals surface area contributed by atoms with Gasteiger partial charge in [-0.1, -0.05) is 6.07 Å². The molecule has 0 fully saturated rings. The van der Waals surface area contributed by atoms with Crippen molar-refractivity contribution in [2.75, 3.05) is 0 Å². The zero-order valence-corrected chi connectivity index (χ0v) is 8.43. The molecule has 0 aliphatic carbocycles. The van der Waals surface area contributed by atoms with E-state index in [9.17, 15) is 18.0 Å². The summed E-state index contributed by atoms with van der Waals surface area (Å²) in [5.74, 6) is -3.29. The molecule has 0 heterocycles. The fraction of sp³-hybridized carbons (Fsp3) is 0. The summed E-state index contributed by atoms with van der Waals surface area (Å²) in [7, 11) is -4.92. The zero-order valence-electron chi connectivity index (χ0n) is 7.61. The summed E-state index contributed by atoms with van der Waals surface area (Å²) in [6, 6.07) is 2.84. The Bertz CT molecular complexity index is 531. The van der Waals surface area contributed by atoms with Crippen molar-refractivity contribution in [2.45, 2.75) is 4.90 Å². The van der Waals surface area contributed by atoms with Crippen LogP contribution in [0.25, 0.3) is 0 Å². The van der Waals surface area contributed by atoms with Crippen molar-refractivity contribution in [1.29, 1.82) is 0 Å². The van der Waals surface area contributed by atoms with Gasteiger partial charge in [0.2, 0.25) is 0 Å². The van der Waals surface area contributed by atoms with Crippen LogP contribution in [0.2, 0.25) is 0 Å². The van der Waals surface area contributed by atoms with E-state index >= 15 is 0 Å². The quantitative estimate of drug-likeness (QED) is 0.513. The topological polar surface area (TPSA) is 129 Å². The van der Waals surface area contributed by atoms with Gasteiger partial charge in [-0.15, -0.1) is 0 Å². The average molecular weight is 286 g/mol. The van der Waals surface area contributed by atoms with Crippen LogP contribution in [0.3, 0.4) is 0 Å². The van der Waals surface area contributed by atoms with E-state index in [-0.39, 0.29) is 51.4 Å². The number of hydrogen-bond acceptors (Lipinski definition) is 4. The van der Waals surface area contributed by atoms with Gasteiger partial charge in [-0.25, -0.2) is 9.59 Å². The van der Waals surface area contributed by atoms with Gasteiger partial charge in [0, 0.05) is 0 Å². The molecule has 0 aliphatic rings. The number of carboxylic acid groups (broad SMARTS) is 2. The second kappa shape index (κ2) is 6.04. The monoisotopic (exact) mass is 286 g/mol. The first-order valence-corrected chi connectivity index (χ1v) is 5.26. The second-order valence-corrected chi connectivity index (χ2v) is 4.13. The molecular formula is C8H7KO7S. The van der Waals surface area contributed by atoms with E-state index in [0.717, 1.165) is 18.2 Å². The van der Waals surface area contributed by atoms with Gasteiger partial charge in [0.1, 0.15) is 4.90 Å². The van der Waals surface area contributed by atoms with Crippen LogP contribution in [0.15, 0.2) is 23.1 Å². The number of carbonyl (C=O) groups is 2. The molecule has 0 amide bonds. The molecule has 1 aromatic rings. The normalized spacial score (nSPS) is 10.4. The molecule has 0 saturated heterocycles. The van der Waals surface area contributed by atoms with Crippen LogP contribution in [-0.2, 0) is 10.1 Å². The van der Waals surface area contributed by atoms with Crippen LogP contribution in [0, 0.1) is 0 Å². The third-order valence-electron chi connectivity index (χ3n) is 1.73. The van der Waals surface area contributed by atoms with Crippen LogP contribution in [0.4, 0.5) is 0 Å². The van der Waals surface area contributed by atoms with Gasteiger partial charge < -0.3 is 10.2 Å². The third-order valence-corrected chi connectivity index (χ3v) is 2.69. The van der Waals surface area contributed by atoms with Gasteiger partial charge in [-0.2, -0.15) is 8.42 Å². The van der Waals surface area contributed by atoms with Crippen LogP contribution >= 0.6 is 0 Å². The summed E-state index contributed by atoms with van der Waals surface area (Å²) in [5, 5.41) is 17.3. The van der Waals surface area contributed by atoms with Gasteiger partial charge in [-0.3, -0.25) is 4.55 Å². The van der Waals surface area contributed by atoms with E-state index < -0.39 is 38.1 Å². The Balaban J connectivity index is 0.00000256. The molecular weight excluding hydrogens is 279 g/mol. The number of hydrogen-bond donors (Lipinski definition) is 3. The fourth-order valence-corrected chi connectivity index (χ4v) is 2.02. The van der Waals surface area contributed by atoms with Crippen molar-refractivity contribution in [2.24, 2.45) is 0 Å². The Morgan fingerprint density at radius 2 is 1.35 bits per heavy atom. The zero-order chi connectivity index (χ0) is 12.5. The maximum absolute atomic E-state index is 10.9. The van der Waals surface area contributed by atoms with Crippen LogP contribution in [0.5, 0.6) is 0 Å². The second-order valence-electron chi connectivity index (χ2n) is 2.77. The summed E-state index contributed by atoms with van der Waals surface area (Å²) in [6.45, 7) is 0. The van der Waals surface area contributed by atoms with E-state index in [1.54, 1.807) is 0 Å². The first-order chi connectivity index (χ1) is 7.25. The third kappa shape index (κ3) is 3.84. The number of rotatable bonds is 3. The molecule has 0 aliphatic heterocycles. The number of aromatic carboxylic acids is 2. The molecule has 0 atom stereocenters. The Morgan fingerprint density at radius 3 is 1.59 bits per heavy atom. The molecule has 0 radical (unpaired) electrons. The average Bonchev–Trinajstić information content (AvgIpc) is 2.15. The summed E-state index contributed by atoms with van der Waals surface area (Å²) < 4.78 is 30.6. The van der Waals surface area contributed by atoms with Crippen molar-refractivity contribution >= 4 is 73.4 Å². The molecule has 1 rings (SSSR count). The van der Waals surface area contributed by atoms with E-state index in [1.165, 1.54) is 0 Å². The molecule has 0 spiro atoms. The fourth-order valence-electron chi connectivity index (χ4n) is 1.15. The Kier molecular flexibility index (Phi) is 5.94. The standard InChI is InChI=1S/C8H6O7S.K.H/c9-7(10)4-2-1-3-5(8(11)12)6(4)16(13,14)15;;/h1-3H,(H,9,10)(H,11,12)(H,13,14,15);;. The molecule has 17 heavy (non-hydrogen) atoms.